The summed E-state index contributed by atoms with van der Waals surface area (Å²) in [6.45, 7) is -0.143. The molecule has 1 aromatic carbocycles. The third kappa shape index (κ3) is 6.43. The molecule has 4 N–H and O–H groups in total. The van der Waals surface area contributed by atoms with Crippen molar-refractivity contribution in [2.24, 2.45) is 17.6 Å². The Bertz CT molecular complexity index is 1440. The van der Waals surface area contributed by atoms with Crippen molar-refractivity contribution in [1.29, 1.82) is 0 Å². The number of aryl methyl sites for hydroxylation is 1. The van der Waals surface area contributed by atoms with Gasteiger partial charge in [0.2, 0.25) is 21.1 Å². The number of anilines is 1. The number of tetrazole rings is 1. The molecule has 39 heavy (non-hydrogen) atoms. The Morgan fingerprint density at radius 1 is 1.38 bits per heavy atom. The Kier molecular flexibility index (Phi) is 9.43. The van der Waals surface area contributed by atoms with Crippen molar-refractivity contribution in [2.75, 3.05) is 29.0 Å². The number of carboxylic acid groups (broad SMARTS) is 1. The van der Waals surface area contributed by atoms with Gasteiger partial charge in [-0.05, 0) is 28.6 Å². The number of phenolic OH excluding ortho intramolecular Hbond substituents is 1. The normalized spacial score (nSPS) is 22.8. The topological polar surface area (TPSA) is 232 Å². The minimum atomic E-state index is -3.76. The van der Waals surface area contributed by atoms with Crippen molar-refractivity contribution >= 4 is 62.7 Å². The smallest absolute Gasteiger partial charge is 0.549 e. The first-order valence-corrected chi connectivity index (χ1v) is 14.6. The number of oxime groups is 1. The number of fused-ring (bicyclic) bond motifs is 1. The number of sulfonamides is 1. The van der Waals surface area contributed by atoms with E-state index in [0.29, 0.717) is 5.16 Å². The Balaban J connectivity index is 0.00000420. The number of nitrogens with zero attached hydrogens (tertiary/aromatic N) is 6. The average molecular weight is 609 g/mol. The molecule has 3 heterocycles. The third-order valence-electron chi connectivity index (χ3n) is 5.80. The molecule has 2 saturated heterocycles. The van der Waals surface area contributed by atoms with Crippen LogP contribution in [0.25, 0.3) is 0 Å². The molecule has 4 rings (SSSR count). The molecule has 0 spiro atoms. The number of aromatic nitrogens is 4. The van der Waals surface area contributed by atoms with Gasteiger partial charge in [-0.1, -0.05) is 16.9 Å². The molecule has 0 bridgehead atoms. The molecule has 0 aliphatic carbocycles. The van der Waals surface area contributed by atoms with Gasteiger partial charge >= 0.3 is 29.6 Å². The monoisotopic (exact) mass is 608 g/mol. The molecule has 2 aromatic rings. The maximum atomic E-state index is 12.9. The summed E-state index contributed by atoms with van der Waals surface area (Å²) in [5.41, 5.74) is -2.21. The first-order chi connectivity index (χ1) is 17.8. The van der Waals surface area contributed by atoms with Crippen LogP contribution in [-0.2, 0) is 31.5 Å². The van der Waals surface area contributed by atoms with E-state index in [0.717, 1.165) is 41.9 Å². The zero-order chi connectivity index (χ0) is 27.8. The average Bonchev–Trinajstić information content (AvgIpc) is 3.27. The van der Waals surface area contributed by atoms with Crippen LogP contribution in [0.4, 0.5) is 5.69 Å². The van der Waals surface area contributed by atoms with Crippen LogP contribution in [-0.4, -0.2) is 103 Å². The van der Waals surface area contributed by atoms with Gasteiger partial charge in [0.25, 0.3) is 5.91 Å². The first kappa shape index (κ1) is 31.0. The van der Waals surface area contributed by atoms with E-state index in [1.54, 1.807) is 7.05 Å². The fourth-order valence-electron chi connectivity index (χ4n) is 3.85. The third-order valence-corrected chi connectivity index (χ3v) is 9.28. The van der Waals surface area contributed by atoms with Crippen LogP contribution >= 0.6 is 23.5 Å². The summed E-state index contributed by atoms with van der Waals surface area (Å²) >= 11 is 2.27. The minimum absolute atomic E-state index is 0. The number of β-lactam (4-membered cyclic amide) rings is 1. The van der Waals surface area contributed by atoms with E-state index in [9.17, 15) is 38.2 Å². The summed E-state index contributed by atoms with van der Waals surface area (Å²) in [6, 6.07) is 2.39. The molecule has 0 radical (unpaired) electrons. The first-order valence-electron chi connectivity index (χ1n) is 10.7. The van der Waals surface area contributed by atoms with Crippen LogP contribution in [0, 0.1) is 5.41 Å². The van der Waals surface area contributed by atoms with Crippen molar-refractivity contribution in [1.82, 2.24) is 30.4 Å². The molecule has 3 atom stereocenters. The maximum absolute atomic E-state index is 12.9. The summed E-state index contributed by atoms with van der Waals surface area (Å²) in [6.07, 6.45) is 0.865. The molecule has 204 valence electrons. The molecule has 2 aliphatic rings. The standard InChI is InChI=1S/C19H22N8O8S3.Na/c1-26-18(21-24-25-26)37-8-19(17(31)32)6-27-15(30)13(16(27)36-7-19)20-14(29)12(22-33)9-3-4-11(28)10(5-9)23-38(2,34)35;/h3-5,13,16,23,28,33H,6-8H2,1-2H3,(H,20,29)(H,31,32);/q;+1/p-1/t13?,16-,19?;/m1./s1. The molecular weight excluding hydrogens is 587 g/mol. The largest absolute Gasteiger partial charge is 1.00 e. The number of rotatable bonds is 9. The second kappa shape index (κ2) is 11.9. The molecule has 20 heteroatoms. The number of hydrogen-bond acceptors (Lipinski definition) is 14. The molecule has 2 amide bonds. The van der Waals surface area contributed by atoms with Crippen LogP contribution < -0.4 is 44.7 Å². The quantitative estimate of drug-likeness (QED) is 0.0396. The Morgan fingerprint density at radius 2 is 2.10 bits per heavy atom. The van der Waals surface area contributed by atoms with Gasteiger partial charge in [-0.25, -0.2) is 13.1 Å². The van der Waals surface area contributed by atoms with Crippen LogP contribution in [0.3, 0.4) is 0 Å². The van der Waals surface area contributed by atoms with Crippen molar-refractivity contribution in [2.45, 2.75) is 16.6 Å². The molecular formula is C19H21N8NaO8S3. The summed E-state index contributed by atoms with van der Waals surface area (Å²) in [5, 5.41) is 47.7. The van der Waals surface area contributed by atoms with Crippen LogP contribution in [0.5, 0.6) is 5.75 Å². The number of phenols is 1. The van der Waals surface area contributed by atoms with Gasteiger partial charge in [0.1, 0.15) is 17.2 Å². The SMILES string of the molecule is Cn1nnnc1SCC1(C(=O)[O-])CS[C@@H]2C(NC(=O)C(=NO)c3ccc(O)c(NS(C)(=O)=O)c3)C(=O)N2C1.[Na+]. The number of aromatic hydroxyl groups is 1. The van der Waals surface area contributed by atoms with Gasteiger partial charge < -0.3 is 30.4 Å². The van der Waals surface area contributed by atoms with E-state index >= 15 is 0 Å². The minimum Gasteiger partial charge on any atom is -0.549 e. The number of benzene rings is 1. The number of aliphatic carboxylic acids is 1. The van der Waals surface area contributed by atoms with E-state index in [1.165, 1.54) is 15.6 Å². The van der Waals surface area contributed by atoms with Gasteiger partial charge in [-0.2, -0.15) is 0 Å². The van der Waals surface area contributed by atoms with Gasteiger partial charge in [0.05, 0.1) is 17.9 Å². The number of nitrogens with one attached hydrogen (secondary N) is 2. The maximum Gasteiger partial charge on any atom is 1.00 e. The van der Waals surface area contributed by atoms with Gasteiger partial charge in [0.15, 0.2) is 5.71 Å². The fourth-order valence-corrected chi connectivity index (χ4v) is 7.11. The van der Waals surface area contributed by atoms with Crippen LogP contribution in [0.2, 0.25) is 0 Å². The second-order valence-corrected chi connectivity index (χ2v) is 12.4. The van der Waals surface area contributed by atoms with Gasteiger partial charge in [-0.15, -0.1) is 16.9 Å². The number of carbonyl (C=O) groups is 3. The molecule has 1 aromatic heterocycles. The van der Waals surface area contributed by atoms with E-state index in [2.05, 4.69) is 30.7 Å². The predicted molar refractivity (Wildman–Crippen MR) is 132 cm³/mol. The molecule has 2 aliphatic heterocycles. The second-order valence-electron chi connectivity index (χ2n) is 8.62. The van der Waals surface area contributed by atoms with Gasteiger partial charge in [0, 0.05) is 36.1 Å². The van der Waals surface area contributed by atoms with Crippen LogP contribution in [0.15, 0.2) is 28.5 Å². The summed E-state index contributed by atoms with van der Waals surface area (Å²) in [5.74, 6) is -3.08. The fraction of sp³-hybridized carbons (Fsp3) is 0.421. The molecule has 16 nitrogen and oxygen atoms in total. The number of carbonyl (C=O) groups excluding carboxylic acids is 3. The number of hydrogen-bond donors (Lipinski definition) is 4. The molecule has 2 unspecified atom stereocenters. The predicted octanol–water partition coefficient (Wildman–Crippen LogP) is -5.60. The van der Waals surface area contributed by atoms with E-state index in [-0.39, 0.29) is 58.9 Å². The van der Waals surface area contributed by atoms with Crippen molar-refractivity contribution in [3.63, 3.8) is 0 Å². The summed E-state index contributed by atoms with van der Waals surface area (Å²) in [4.78, 5) is 39.1. The zero-order valence-electron chi connectivity index (χ0n) is 20.8. The summed E-state index contributed by atoms with van der Waals surface area (Å²) in [7, 11) is -2.15. The zero-order valence-corrected chi connectivity index (χ0v) is 25.2. The Labute approximate surface area is 252 Å². The van der Waals surface area contributed by atoms with Crippen LogP contribution in [0.1, 0.15) is 5.56 Å². The van der Waals surface area contributed by atoms with E-state index < -0.39 is 56.1 Å². The van der Waals surface area contributed by atoms with E-state index in [4.69, 9.17) is 0 Å². The number of thioether (sulfide) groups is 2. The number of amides is 2. The Hall–Kier alpha value is -2.58. The van der Waals surface area contributed by atoms with E-state index in [1.807, 2.05) is 0 Å². The van der Waals surface area contributed by atoms with Crippen molar-refractivity contribution < 1.29 is 67.8 Å². The number of carboxylic acids is 1. The van der Waals surface area contributed by atoms with Gasteiger partial charge in [-0.3, -0.25) is 14.3 Å². The van der Waals surface area contributed by atoms with Crippen molar-refractivity contribution in [3.05, 3.63) is 23.8 Å². The summed E-state index contributed by atoms with van der Waals surface area (Å²) < 4.78 is 26.5. The molecule has 2 fully saturated rings. The molecule has 0 saturated carbocycles. The van der Waals surface area contributed by atoms with Crippen molar-refractivity contribution in [3.8, 4) is 5.75 Å². The Morgan fingerprint density at radius 3 is 2.69 bits per heavy atom.